The zero-order valence-corrected chi connectivity index (χ0v) is 16.7. The summed E-state index contributed by atoms with van der Waals surface area (Å²) in [6.45, 7) is 5.02. The molecular weight excluding hydrogens is 371 g/mol. The van der Waals surface area contributed by atoms with Gasteiger partial charge in [0, 0.05) is 18.2 Å². The SMILES string of the molecule is COc1ccc(C(=O)N2CCn3nc(-c4ccccc4)nc3[C@@H]2C(C)C)c(F)c1. The summed E-state index contributed by atoms with van der Waals surface area (Å²) in [4.78, 5) is 19.7. The van der Waals surface area contributed by atoms with Crippen LogP contribution < -0.4 is 4.74 Å². The Morgan fingerprint density at radius 2 is 1.93 bits per heavy atom. The predicted molar refractivity (Wildman–Crippen MR) is 107 cm³/mol. The van der Waals surface area contributed by atoms with Crippen molar-refractivity contribution in [3.05, 3.63) is 65.7 Å². The van der Waals surface area contributed by atoms with E-state index in [4.69, 9.17) is 9.72 Å². The molecule has 0 saturated heterocycles. The number of nitrogens with zero attached hydrogens (tertiary/aromatic N) is 4. The van der Waals surface area contributed by atoms with Crippen LogP contribution in [0.4, 0.5) is 4.39 Å². The smallest absolute Gasteiger partial charge is 0.257 e. The molecule has 2 heterocycles. The highest BCUT2D eigenvalue weighted by Gasteiger charge is 2.37. The Kier molecular flexibility index (Phi) is 5.05. The molecule has 0 N–H and O–H groups in total. The molecule has 0 bridgehead atoms. The third kappa shape index (κ3) is 3.48. The van der Waals surface area contributed by atoms with Gasteiger partial charge in [0.15, 0.2) is 11.6 Å². The maximum Gasteiger partial charge on any atom is 0.257 e. The van der Waals surface area contributed by atoms with Crippen LogP contribution in [0.3, 0.4) is 0 Å². The van der Waals surface area contributed by atoms with Crippen LogP contribution >= 0.6 is 0 Å². The first-order valence-electron chi connectivity index (χ1n) is 9.64. The van der Waals surface area contributed by atoms with Gasteiger partial charge in [0.1, 0.15) is 11.6 Å². The van der Waals surface area contributed by atoms with Gasteiger partial charge in [-0.1, -0.05) is 44.2 Å². The fourth-order valence-electron chi connectivity index (χ4n) is 3.76. The monoisotopic (exact) mass is 394 g/mol. The van der Waals surface area contributed by atoms with Crippen LogP contribution in [0.25, 0.3) is 11.4 Å². The summed E-state index contributed by atoms with van der Waals surface area (Å²) in [7, 11) is 1.47. The standard InChI is InChI=1S/C22H23FN4O2/c1-14(2)19-21-24-20(15-7-5-4-6-8-15)25-27(21)12-11-26(19)22(28)17-10-9-16(29-3)13-18(17)23/h4-10,13-14,19H,11-12H2,1-3H3/t19-/m0/s1. The average Bonchev–Trinajstić information content (AvgIpc) is 3.17. The van der Waals surface area contributed by atoms with E-state index in [1.165, 1.54) is 19.2 Å². The van der Waals surface area contributed by atoms with E-state index in [-0.39, 0.29) is 23.4 Å². The second-order valence-corrected chi connectivity index (χ2v) is 7.42. The lowest BCUT2D eigenvalue weighted by molar-refractivity contribution is 0.0532. The molecule has 1 aromatic heterocycles. The molecule has 0 fully saturated rings. The summed E-state index contributed by atoms with van der Waals surface area (Å²) in [5.41, 5.74) is 0.962. The van der Waals surface area contributed by atoms with Crippen molar-refractivity contribution >= 4 is 5.91 Å². The summed E-state index contributed by atoms with van der Waals surface area (Å²) >= 11 is 0. The molecule has 0 saturated carbocycles. The average molecular weight is 394 g/mol. The molecule has 150 valence electrons. The third-order valence-corrected chi connectivity index (χ3v) is 5.18. The number of carbonyl (C=O) groups is 1. The van der Waals surface area contributed by atoms with E-state index in [0.29, 0.717) is 24.7 Å². The molecule has 0 aliphatic carbocycles. The number of methoxy groups -OCH3 is 1. The van der Waals surface area contributed by atoms with Crippen molar-refractivity contribution in [2.75, 3.05) is 13.7 Å². The number of rotatable bonds is 4. The molecular formula is C22H23FN4O2. The van der Waals surface area contributed by atoms with Gasteiger partial charge in [-0.05, 0) is 18.1 Å². The zero-order valence-electron chi connectivity index (χ0n) is 16.7. The molecule has 3 aromatic rings. The summed E-state index contributed by atoms with van der Waals surface area (Å²) in [5, 5.41) is 4.64. The van der Waals surface area contributed by atoms with E-state index in [1.54, 1.807) is 11.0 Å². The Morgan fingerprint density at radius 3 is 2.59 bits per heavy atom. The summed E-state index contributed by atoms with van der Waals surface area (Å²) in [6, 6.07) is 13.8. The quantitative estimate of drug-likeness (QED) is 0.672. The summed E-state index contributed by atoms with van der Waals surface area (Å²) in [5.74, 6) is 0.897. The van der Waals surface area contributed by atoms with E-state index in [1.807, 2.05) is 48.9 Å². The van der Waals surface area contributed by atoms with E-state index in [9.17, 15) is 9.18 Å². The molecule has 1 atom stereocenters. The van der Waals surface area contributed by atoms with E-state index in [2.05, 4.69) is 5.10 Å². The Morgan fingerprint density at radius 1 is 1.17 bits per heavy atom. The van der Waals surface area contributed by atoms with Crippen molar-refractivity contribution in [3.8, 4) is 17.1 Å². The van der Waals surface area contributed by atoms with Crippen LogP contribution in [0.2, 0.25) is 0 Å². The highest BCUT2D eigenvalue weighted by Crippen LogP contribution is 2.34. The van der Waals surface area contributed by atoms with Crippen molar-refractivity contribution in [1.29, 1.82) is 0 Å². The van der Waals surface area contributed by atoms with Crippen molar-refractivity contribution < 1.29 is 13.9 Å². The second kappa shape index (κ2) is 7.66. The van der Waals surface area contributed by atoms with Crippen LogP contribution in [0.5, 0.6) is 5.75 Å². The maximum absolute atomic E-state index is 14.5. The molecule has 0 unspecified atom stereocenters. The first-order chi connectivity index (χ1) is 14.0. The van der Waals surface area contributed by atoms with Gasteiger partial charge >= 0.3 is 0 Å². The lowest BCUT2D eigenvalue weighted by Crippen LogP contribution is -2.44. The minimum atomic E-state index is -0.589. The first kappa shape index (κ1) is 19.1. The number of carbonyl (C=O) groups excluding carboxylic acids is 1. The Hall–Kier alpha value is -3.22. The first-order valence-corrected chi connectivity index (χ1v) is 9.64. The molecule has 7 heteroatoms. The van der Waals surface area contributed by atoms with Gasteiger partial charge in [-0.25, -0.2) is 14.1 Å². The van der Waals surface area contributed by atoms with Crippen molar-refractivity contribution in [2.24, 2.45) is 5.92 Å². The highest BCUT2D eigenvalue weighted by molar-refractivity contribution is 5.95. The number of halogens is 1. The van der Waals surface area contributed by atoms with E-state index in [0.717, 1.165) is 11.4 Å². The molecule has 1 aliphatic heterocycles. The summed E-state index contributed by atoms with van der Waals surface area (Å²) in [6.07, 6.45) is 0. The van der Waals surface area contributed by atoms with Crippen LogP contribution in [0.1, 0.15) is 36.1 Å². The Labute approximate surface area is 168 Å². The van der Waals surface area contributed by atoms with Gasteiger partial charge in [0.05, 0.1) is 25.3 Å². The molecule has 1 aliphatic rings. The topological polar surface area (TPSA) is 60.2 Å². The predicted octanol–water partition coefficient (Wildman–Crippen LogP) is 3.95. The van der Waals surface area contributed by atoms with Crippen LogP contribution in [-0.2, 0) is 6.54 Å². The lowest BCUT2D eigenvalue weighted by Gasteiger charge is -2.37. The minimum absolute atomic E-state index is 0.0349. The number of hydrogen-bond acceptors (Lipinski definition) is 4. The molecule has 0 spiro atoms. The zero-order chi connectivity index (χ0) is 20.5. The molecule has 4 rings (SSSR count). The van der Waals surface area contributed by atoms with Gasteiger partial charge in [-0.15, -0.1) is 0 Å². The number of fused-ring (bicyclic) bond motifs is 1. The van der Waals surface area contributed by atoms with Crippen LogP contribution in [0.15, 0.2) is 48.5 Å². The van der Waals surface area contributed by atoms with Gasteiger partial charge in [0.25, 0.3) is 5.91 Å². The van der Waals surface area contributed by atoms with Crippen molar-refractivity contribution in [1.82, 2.24) is 19.7 Å². The Bertz CT molecular complexity index is 1030. The number of hydrogen-bond donors (Lipinski definition) is 0. The van der Waals surface area contributed by atoms with Crippen molar-refractivity contribution in [3.63, 3.8) is 0 Å². The Balaban J connectivity index is 1.70. The van der Waals surface area contributed by atoms with Crippen molar-refractivity contribution in [2.45, 2.75) is 26.4 Å². The van der Waals surface area contributed by atoms with Gasteiger partial charge < -0.3 is 9.64 Å². The number of ether oxygens (including phenoxy) is 1. The summed E-state index contributed by atoms with van der Waals surface area (Å²) < 4.78 is 21.4. The molecule has 2 aromatic carbocycles. The van der Waals surface area contributed by atoms with E-state index < -0.39 is 5.82 Å². The molecule has 6 nitrogen and oxygen atoms in total. The van der Waals surface area contributed by atoms with Gasteiger partial charge in [-0.3, -0.25) is 4.79 Å². The van der Waals surface area contributed by atoms with Crippen LogP contribution in [-0.4, -0.2) is 39.2 Å². The number of benzene rings is 2. The molecule has 29 heavy (non-hydrogen) atoms. The van der Waals surface area contributed by atoms with Crippen LogP contribution in [0, 0.1) is 11.7 Å². The maximum atomic E-state index is 14.5. The fourth-order valence-corrected chi connectivity index (χ4v) is 3.76. The largest absolute Gasteiger partial charge is 0.497 e. The number of amides is 1. The minimum Gasteiger partial charge on any atom is -0.497 e. The third-order valence-electron chi connectivity index (χ3n) is 5.18. The molecule has 1 amide bonds. The van der Waals surface area contributed by atoms with Gasteiger partial charge in [-0.2, -0.15) is 5.10 Å². The van der Waals surface area contributed by atoms with E-state index >= 15 is 0 Å². The molecule has 0 radical (unpaired) electrons. The fraction of sp³-hybridized carbons (Fsp3) is 0.318. The second-order valence-electron chi connectivity index (χ2n) is 7.42. The highest BCUT2D eigenvalue weighted by atomic mass is 19.1. The normalized spacial score (nSPS) is 16.0. The lowest BCUT2D eigenvalue weighted by atomic mass is 9.98. The van der Waals surface area contributed by atoms with Gasteiger partial charge in [0.2, 0.25) is 0 Å². The number of aromatic nitrogens is 3.